The summed E-state index contributed by atoms with van der Waals surface area (Å²) in [6, 6.07) is 12.7. The lowest BCUT2D eigenvalue weighted by Gasteiger charge is -2.14. The van der Waals surface area contributed by atoms with Crippen molar-refractivity contribution >= 4 is 56.5 Å². The molecule has 2 aromatic rings. The predicted octanol–water partition coefficient (Wildman–Crippen LogP) is 6.52. The van der Waals surface area contributed by atoms with E-state index in [4.69, 9.17) is 16.3 Å². The zero-order chi connectivity index (χ0) is 20.3. The summed E-state index contributed by atoms with van der Waals surface area (Å²) in [5.74, 6) is 0.461. The molecule has 1 fully saturated rings. The summed E-state index contributed by atoms with van der Waals surface area (Å²) in [5.41, 5.74) is 1.67. The maximum atomic E-state index is 12.7. The third kappa shape index (κ3) is 4.99. The molecule has 2 aromatic carbocycles. The molecule has 7 heteroatoms. The van der Waals surface area contributed by atoms with Gasteiger partial charge in [0.15, 0.2) is 0 Å². The van der Waals surface area contributed by atoms with Gasteiger partial charge in [0.2, 0.25) is 0 Å². The molecule has 0 unspecified atom stereocenters. The maximum absolute atomic E-state index is 12.7. The SMILES string of the molecule is CC[C@H](C)Oc1ccc(/C=C2/SC(=O)N(Cc3ccc(Cl)cc3)C2=O)cc1Br. The molecule has 146 valence electrons. The maximum Gasteiger partial charge on any atom is 0.293 e. The van der Waals surface area contributed by atoms with Crippen LogP contribution in [-0.2, 0) is 11.3 Å². The second-order valence-electron chi connectivity index (χ2n) is 6.42. The Morgan fingerprint density at radius 2 is 1.93 bits per heavy atom. The number of hydrogen-bond donors (Lipinski definition) is 0. The highest BCUT2D eigenvalue weighted by Crippen LogP contribution is 2.35. The molecule has 1 atom stereocenters. The Balaban J connectivity index is 1.76. The van der Waals surface area contributed by atoms with E-state index < -0.39 is 0 Å². The number of imide groups is 1. The first-order chi connectivity index (χ1) is 13.4. The number of hydrogen-bond acceptors (Lipinski definition) is 4. The number of nitrogens with zero attached hydrogens (tertiary/aromatic N) is 1. The number of carbonyl (C=O) groups is 2. The van der Waals surface area contributed by atoms with Crippen molar-refractivity contribution in [2.75, 3.05) is 0 Å². The number of ether oxygens (including phenoxy) is 1. The summed E-state index contributed by atoms with van der Waals surface area (Å²) in [6.45, 7) is 4.30. The summed E-state index contributed by atoms with van der Waals surface area (Å²) in [5, 5.41) is 0.339. The fourth-order valence-corrected chi connectivity index (χ4v) is 4.02. The molecule has 4 nitrogen and oxygen atoms in total. The number of thioether (sulfide) groups is 1. The molecule has 2 amide bonds. The average Bonchev–Trinajstić information content (AvgIpc) is 2.93. The van der Waals surface area contributed by atoms with Crippen LogP contribution >= 0.6 is 39.3 Å². The van der Waals surface area contributed by atoms with Crippen LogP contribution in [0.4, 0.5) is 4.79 Å². The van der Waals surface area contributed by atoms with Gasteiger partial charge in [0.25, 0.3) is 11.1 Å². The Hall–Kier alpha value is -1.76. The van der Waals surface area contributed by atoms with Gasteiger partial charge < -0.3 is 4.74 Å². The number of amides is 2. The third-order valence-corrected chi connectivity index (χ3v) is 6.06. The quantitative estimate of drug-likeness (QED) is 0.442. The van der Waals surface area contributed by atoms with Crippen molar-refractivity contribution in [2.45, 2.75) is 32.9 Å². The van der Waals surface area contributed by atoms with Crippen LogP contribution < -0.4 is 4.74 Å². The molecule has 0 radical (unpaired) electrons. The van der Waals surface area contributed by atoms with E-state index in [-0.39, 0.29) is 23.8 Å². The molecule has 1 heterocycles. The summed E-state index contributed by atoms with van der Waals surface area (Å²) in [4.78, 5) is 26.6. The first kappa shape index (κ1) is 21.0. The largest absolute Gasteiger partial charge is 0.490 e. The van der Waals surface area contributed by atoms with Gasteiger partial charge in [0, 0.05) is 5.02 Å². The van der Waals surface area contributed by atoms with E-state index >= 15 is 0 Å². The van der Waals surface area contributed by atoms with Gasteiger partial charge in [-0.15, -0.1) is 0 Å². The van der Waals surface area contributed by atoms with Crippen LogP contribution in [0.1, 0.15) is 31.4 Å². The Morgan fingerprint density at radius 1 is 1.21 bits per heavy atom. The molecular weight excluding hydrogens is 462 g/mol. The van der Waals surface area contributed by atoms with Crippen molar-refractivity contribution < 1.29 is 14.3 Å². The normalized spacial score (nSPS) is 16.7. The molecule has 0 spiro atoms. The van der Waals surface area contributed by atoms with Gasteiger partial charge in [0.1, 0.15) is 5.75 Å². The Morgan fingerprint density at radius 3 is 2.57 bits per heavy atom. The Kier molecular flexibility index (Phi) is 6.86. The third-order valence-electron chi connectivity index (χ3n) is 4.28. The standard InChI is InChI=1S/C21H19BrClNO3S/c1-3-13(2)27-18-9-6-15(10-17(18)22)11-19-20(25)24(21(26)28-19)12-14-4-7-16(23)8-5-14/h4-11,13H,3,12H2,1-2H3/b19-11+/t13-/m0/s1. The second-order valence-corrected chi connectivity index (χ2v) is 8.70. The molecule has 1 aliphatic heterocycles. The van der Waals surface area contributed by atoms with E-state index in [0.717, 1.165) is 39.5 Å². The van der Waals surface area contributed by atoms with Gasteiger partial charge in [-0.3, -0.25) is 14.5 Å². The van der Waals surface area contributed by atoms with Crippen LogP contribution in [0.3, 0.4) is 0 Å². The smallest absolute Gasteiger partial charge is 0.293 e. The zero-order valence-corrected chi connectivity index (χ0v) is 18.6. The van der Waals surface area contributed by atoms with Crippen molar-refractivity contribution in [3.63, 3.8) is 0 Å². The van der Waals surface area contributed by atoms with Gasteiger partial charge >= 0.3 is 0 Å². The fraction of sp³-hybridized carbons (Fsp3) is 0.238. The van der Waals surface area contributed by atoms with E-state index in [0.29, 0.717) is 9.93 Å². The lowest BCUT2D eigenvalue weighted by molar-refractivity contribution is -0.123. The second kappa shape index (κ2) is 9.16. The highest BCUT2D eigenvalue weighted by Gasteiger charge is 2.35. The van der Waals surface area contributed by atoms with Crippen molar-refractivity contribution in [1.82, 2.24) is 4.90 Å². The minimum absolute atomic E-state index is 0.117. The van der Waals surface area contributed by atoms with Gasteiger partial charge in [-0.2, -0.15) is 0 Å². The molecule has 0 aromatic heterocycles. The number of halogens is 2. The Bertz CT molecular complexity index is 930. The number of rotatable bonds is 6. The average molecular weight is 481 g/mol. The minimum Gasteiger partial charge on any atom is -0.490 e. The van der Waals surface area contributed by atoms with E-state index in [1.54, 1.807) is 18.2 Å². The lowest BCUT2D eigenvalue weighted by Crippen LogP contribution is -2.27. The monoisotopic (exact) mass is 479 g/mol. The highest BCUT2D eigenvalue weighted by atomic mass is 79.9. The van der Waals surface area contributed by atoms with Crippen LogP contribution in [0, 0.1) is 0 Å². The summed E-state index contributed by atoms with van der Waals surface area (Å²) < 4.78 is 6.65. The van der Waals surface area contributed by atoms with Crippen molar-refractivity contribution in [3.05, 3.63) is 68.0 Å². The summed E-state index contributed by atoms with van der Waals surface area (Å²) in [6.07, 6.45) is 2.76. The molecule has 3 rings (SSSR count). The Labute approximate surface area is 182 Å². The summed E-state index contributed by atoms with van der Waals surface area (Å²) >= 11 is 10.3. The van der Waals surface area contributed by atoms with Gasteiger partial charge in [-0.25, -0.2) is 0 Å². The van der Waals surface area contributed by atoms with Gasteiger partial charge in [0.05, 0.1) is 22.0 Å². The molecule has 1 aliphatic rings. The van der Waals surface area contributed by atoms with Crippen molar-refractivity contribution in [3.8, 4) is 5.75 Å². The number of benzene rings is 2. The molecule has 1 saturated heterocycles. The van der Waals surface area contributed by atoms with Crippen LogP contribution in [0.15, 0.2) is 51.8 Å². The van der Waals surface area contributed by atoms with Crippen LogP contribution in [0.25, 0.3) is 6.08 Å². The number of carbonyl (C=O) groups excluding carboxylic acids is 2. The van der Waals surface area contributed by atoms with Crippen LogP contribution in [-0.4, -0.2) is 22.2 Å². The molecule has 0 saturated carbocycles. The van der Waals surface area contributed by atoms with Crippen molar-refractivity contribution in [2.24, 2.45) is 0 Å². The predicted molar refractivity (Wildman–Crippen MR) is 117 cm³/mol. The molecule has 0 aliphatic carbocycles. The van der Waals surface area contributed by atoms with E-state index in [9.17, 15) is 9.59 Å². The zero-order valence-electron chi connectivity index (χ0n) is 15.4. The molecule has 0 bridgehead atoms. The molecular formula is C21H19BrClNO3S. The summed E-state index contributed by atoms with van der Waals surface area (Å²) in [7, 11) is 0. The molecule has 28 heavy (non-hydrogen) atoms. The lowest BCUT2D eigenvalue weighted by atomic mass is 10.2. The van der Waals surface area contributed by atoms with Crippen LogP contribution in [0.2, 0.25) is 5.02 Å². The van der Waals surface area contributed by atoms with E-state index in [2.05, 4.69) is 22.9 Å². The first-order valence-corrected chi connectivity index (χ1v) is 10.8. The molecule has 0 N–H and O–H groups in total. The highest BCUT2D eigenvalue weighted by molar-refractivity contribution is 9.10. The first-order valence-electron chi connectivity index (χ1n) is 8.83. The minimum atomic E-state index is -0.291. The van der Waals surface area contributed by atoms with Crippen molar-refractivity contribution in [1.29, 1.82) is 0 Å². The fourth-order valence-electron chi connectivity index (χ4n) is 2.56. The van der Waals surface area contributed by atoms with E-state index in [1.165, 1.54) is 4.90 Å². The van der Waals surface area contributed by atoms with E-state index in [1.807, 2.05) is 37.3 Å². The van der Waals surface area contributed by atoms with Crippen LogP contribution in [0.5, 0.6) is 5.75 Å². The van der Waals surface area contributed by atoms with Gasteiger partial charge in [-0.1, -0.05) is 36.7 Å². The van der Waals surface area contributed by atoms with Gasteiger partial charge in [-0.05, 0) is 82.5 Å². The topological polar surface area (TPSA) is 46.6 Å².